The van der Waals surface area contributed by atoms with Gasteiger partial charge in [0.1, 0.15) is 16.7 Å². The molecule has 4 aromatic carbocycles. The van der Waals surface area contributed by atoms with Gasteiger partial charge in [0, 0.05) is 49.6 Å². The van der Waals surface area contributed by atoms with Crippen LogP contribution in [0.5, 0.6) is 23.3 Å². The first-order valence-corrected chi connectivity index (χ1v) is 17.0. The molecule has 8 N–H and O–H groups in total. The van der Waals surface area contributed by atoms with Gasteiger partial charge in [-0.05, 0) is 101 Å². The van der Waals surface area contributed by atoms with Crippen LogP contribution in [0.25, 0.3) is 44.5 Å². The number of ether oxygens (including phenoxy) is 2. The number of aromatic nitrogens is 2. The number of oxime groups is 2. The van der Waals surface area contributed by atoms with E-state index in [1.807, 2.05) is 13.0 Å². The number of benzene rings is 4. The lowest BCUT2D eigenvalue weighted by atomic mass is 9.90. The van der Waals surface area contributed by atoms with Gasteiger partial charge in [-0.2, -0.15) is 0 Å². The number of amidine groups is 2. The van der Waals surface area contributed by atoms with Crippen LogP contribution in [0.1, 0.15) is 16.7 Å². The van der Waals surface area contributed by atoms with Crippen LogP contribution >= 0.6 is 34.8 Å². The Morgan fingerprint density at radius 1 is 0.611 bits per heavy atom. The number of aromatic hydroxyl groups is 2. The van der Waals surface area contributed by atoms with Gasteiger partial charge >= 0.3 is 0 Å². The zero-order chi connectivity index (χ0) is 39.1. The minimum atomic E-state index is -0.121. The van der Waals surface area contributed by atoms with Gasteiger partial charge in [-0.15, -0.1) is 0 Å². The maximum absolute atomic E-state index is 9.62. The zero-order valence-electron chi connectivity index (χ0n) is 28.9. The van der Waals surface area contributed by atoms with Crippen molar-refractivity contribution in [3.8, 4) is 67.8 Å². The van der Waals surface area contributed by atoms with Crippen molar-refractivity contribution in [2.24, 2.45) is 21.8 Å². The number of hydrogen-bond donors (Lipinski definition) is 6. The minimum absolute atomic E-state index is 0.0870. The van der Waals surface area contributed by atoms with Crippen molar-refractivity contribution in [1.82, 2.24) is 9.97 Å². The molecule has 6 rings (SSSR count). The second kappa shape index (κ2) is 17.1. The molecule has 6 aromatic rings. The SMILES string of the molecule is COc1nc(Cl)ccc1-c1c(C(N)=NO)cc(Cl)cc1-c1ccc(O)cc1.COc1ncc(C)cc1-c1c(C(N)=NO)cc(Cl)cc1-c1ccc(O)cc1. The number of phenols is 2. The standard InChI is InChI=1S/C20H18ClN3O3.C19H15Cl2N3O3/c1-11-7-17(20(27-2)23-10-11)18-15(12-3-5-14(25)6-4-12)8-13(21)9-16(18)19(22)24-26;1-27-19-13(6-7-16(21)23-19)17-14(10-2-4-12(25)5-3-10)8-11(20)9-15(17)18(22)24-26/h3-10,25-26H,1-2H3,(H2,22,24);2-9,25-26H,1H3,(H2,22,24). The van der Waals surface area contributed by atoms with E-state index in [-0.39, 0.29) is 34.2 Å². The summed E-state index contributed by atoms with van der Waals surface area (Å²) < 4.78 is 10.8. The molecule has 0 saturated heterocycles. The quantitative estimate of drug-likeness (QED) is 0.0285. The molecule has 0 fully saturated rings. The van der Waals surface area contributed by atoms with Crippen LogP contribution in [0.15, 0.2) is 108 Å². The van der Waals surface area contributed by atoms with Crippen LogP contribution in [0.2, 0.25) is 15.2 Å². The second-order valence-corrected chi connectivity index (χ2v) is 12.8. The molecule has 276 valence electrons. The largest absolute Gasteiger partial charge is 0.508 e. The summed E-state index contributed by atoms with van der Waals surface area (Å²) >= 11 is 18.6. The third-order valence-electron chi connectivity index (χ3n) is 8.07. The smallest absolute Gasteiger partial charge is 0.222 e. The van der Waals surface area contributed by atoms with Gasteiger partial charge in [-0.1, -0.05) is 69.4 Å². The van der Waals surface area contributed by atoms with Crippen LogP contribution in [-0.2, 0) is 0 Å². The molecule has 2 heterocycles. The van der Waals surface area contributed by atoms with Crippen LogP contribution in [0.3, 0.4) is 0 Å². The number of rotatable bonds is 8. The summed E-state index contributed by atoms with van der Waals surface area (Å²) in [6, 6.07) is 25.2. The normalized spacial score (nSPS) is 11.4. The number of methoxy groups -OCH3 is 2. The van der Waals surface area contributed by atoms with Gasteiger partial charge in [0.15, 0.2) is 11.7 Å². The Kier molecular flexibility index (Phi) is 12.3. The van der Waals surface area contributed by atoms with Crippen LogP contribution in [0, 0.1) is 6.92 Å². The lowest BCUT2D eigenvalue weighted by Crippen LogP contribution is -2.15. The maximum atomic E-state index is 9.62. The van der Waals surface area contributed by atoms with E-state index in [9.17, 15) is 20.6 Å². The maximum Gasteiger partial charge on any atom is 0.222 e. The number of halogens is 3. The summed E-state index contributed by atoms with van der Waals surface area (Å²) in [5, 5.41) is 45.1. The van der Waals surface area contributed by atoms with E-state index in [4.69, 9.17) is 55.7 Å². The Bertz CT molecular complexity index is 2370. The molecule has 0 amide bonds. The Hall–Kier alpha value is -6.21. The van der Waals surface area contributed by atoms with Gasteiger partial charge in [0.2, 0.25) is 11.8 Å². The highest BCUT2D eigenvalue weighted by Crippen LogP contribution is 2.43. The molecule has 2 aromatic heterocycles. The third kappa shape index (κ3) is 8.53. The van der Waals surface area contributed by atoms with Gasteiger partial charge in [0.05, 0.1) is 14.2 Å². The van der Waals surface area contributed by atoms with Crippen molar-refractivity contribution < 1.29 is 30.1 Å². The van der Waals surface area contributed by atoms with Crippen LogP contribution < -0.4 is 20.9 Å². The van der Waals surface area contributed by atoms with E-state index >= 15 is 0 Å². The molecule has 15 heteroatoms. The van der Waals surface area contributed by atoms with Crippen molar-refractivity contribution in [2.45, 2.75) is 6.92 Å². The molecule has 0 saturated carbocycles. The van der Waals surface area contributed by atoms with Crippen molar-refractivity contribution in [3.63, 3.8) is 0 Å². The summed E-state index contributed by atoms with van der Waals surface area (Å²) in [7, 11) is 3.00. The number of nitrogens with two attached hydrogens (primary N) is 2. The fourth-order valence-electron chi connectivity index (χ4n) is 5.71. The predicted octanol–water partition coefficient (Wildman–Crippen LogP) is 8.72. The van der Waals surface area contributed by atoms with Gasteiger partial charge < -0.3 is 41.6 Å². The zero-order valence-corrected chi connectivity index (χ0v) is 31.2. The number of hydrogen-bond acceptors (Lipinski definition) is 10. The Morgan fingerprint density at radius 3 is 1.52 bits per heavy atom. The fraction of sp³-hybridized carbons (Fsp3) is 0.0769. The summed E-state index contributed by atoms with van der Waals surface area (Å²) in [5.74, 6) is 0.742. The molecule has 0 spiro atoms. The predicted molar refractivity (Wildman–Crippen MR) is 211 cm³/mol. The van der Waals surface area contributed by atoms with E-state index in [0.717, 1.165) is 22.3 Å². The molecular formula is C39H33Cl3N6O6. The minimum Gasteiger partial charge on any atom is -0.508 e. The second-order valence-electron chi connectivity index (χ2n) is 11.6. The first-order valence-electron chi connectivity index (χ1n) is 15.8. The van der Waals surface area contributed by atoms with Gasteiger partial charge in [-0.25, -0.2) is 9.97 Å². The van der Waals surface area contributed by atoms with Crippen molar-refractivity contribution in [1.29, 1.82) is 0 Å². The lowest BCUT2D eigenvalue weighted by molar-refractivity contribution is 0.318. The Morgan fingerprint density at radius 2 is 1.07 bits per heavy atom. The van der Waals surface area contributed by atoms with E-state index in [1.54, 1.807) is 91.1 Å². The van der Waals surface area contributed by atoms with E-state index in [1.165, 1.54) is 14.2 Å². The molecule has 0 bridgehead atoms. The highest BCUT2D eigenvalue weighted by Gasteiger charge is 2.23. The molecule has 12 nitrogen and oxygen atoms in total. The monoisotopic (exact) mass is 786 g/mol. The molecule has 0 aliphatic heterocycles. The summed E-state index contributed by atoms with van der Waals surface area (Å²) in [4.78, 5) is 8.52. The average molecular weight is 788 g/mol. The lowest BCUT2D eigenvalue weighted by Gasteiger charge is -2.18. The Balaban J connectivity index is 0.000000208. The highest BCUT2D eigenvalue weighted by atomic mass is 35.5. The first-order chi connectivity index (χ1) is 25.9. The molecular weight excluding hydrogens is 755 g/mol. The molecule has 0 atom stereocenters. The van der Waals surface area contributed by atoms with Crippen molar-refractivity contribution in [3.05, 3.63) is 129 Å². The summed E-state index contributed by atoms with van der Waals surface area (Å²) in [6.45, 7) is 1.91. The Labute approximate surface area is 325 Å². The molecule has 0 aliphatic rings. The van der Waals surface area contributed by atoms with Crippen molar-refractivity contribution in [2.75, 3.05) is 14.2 Å². The molecule has 0 aliphatic carbocycles. The van der Waals surface area contributed by atoms with E-state index in [0.29, 0.717) is 54.9 Å². The number of phenolic OH excluding ortho intramolecular Hbond substituents is 2. The fourth-order valence-corrected chi connectivity index (χ4v) is 6.28. The van der Waals surface area contributed by atoms with Gasteiger partial charge in [-0.3, -0.25) is 0 Å². The highest BCUT2D eigenvalue weighted by molar-refractivity contribution is 6.32. The first kappa shape index (κ1) is 39.0. The van der Waals surface area contributed by atoms with E-state index in [2.05, 4.69) is 20.3 Å². The van der Waals surface area contributed by atoms with Crippen molar-refractivity contribution >= 4 is 46.5 Å². The van der Waals surface area contributed by atoms with Gasteiger partial charge in [0.25, 0.3) is 0 Å². The number of pyridine rings is 2. The molecule has 54 heavy (non-hydrogen) atoms. The number of aryl methyl sites for hydroxylation is 1. The molecule has 0 radical (unpaired) electrons. The molecule has 0 unspecified atom stereocenters. The topological polar surface area (TPSA) is 202 Å². The average Bonchev–Trinajstić information content (AvgIpc) is 3.17. The van der Waals surface area contributed by atoms with Crippen LogP contribution in [-0.4, -0.2) is 56.5 Å². The number of nitrogens with zero attached hydrogens (tertiary/aromatic N) is 4. The summed E-state index contributed by atoms with van der Waals surface area (Å²) in [6.07, 6.45) is 1.70. The van der Waals surface area contributed by atoms with Crippen LogP contribution in [0.4, 0.5) is 0 Å². The van der Waals surface area contributed by atoms with E-state index < -0.39 is 0 Å². The third-order valence-corrected chi connectivity index (χ3v) is 8.72. The summed E-state index contributed by atoms with van der Waals surface area (Å²) in [5.41, 5.74) is 19.1.